The quantitative estimate of drug-likeness (QED) is 0.840. The van der Waals surface area contributed by atoms with Crippen molar-refractivity contribution >= 4 is 34.9 Å². The molecule has 2 aromatic carbocycles. The van der Waals surface area contributed by atoms with Gasteiger partial charge in [-0.05, 0) is 50.3 Å². The largest absolute Gasteiger partial charge is 0.478 e. The van der Waals surface area contributed by atoms with E-state index in [9.17, 15) is 14.7 Å². The van der Waals surface area contributed by atoms with Gasteiger partial charge < -0.3 is 20.2 Å². The van der Waals surface area contributed by atoms with E-state index in [1.54, 1.807) is 36.4 Å². The first-order chi connectivity index (χ1) is 13.0. The molecule has 7 heteroatoms. The van der Waals surface area contributed by atoms with Gasteiger partial charge >= 0.3 is 5.97 Å². The monoisotopic (exact) mass is 387 g/mol. The van der Waals surface area contributed by atoms with Crippen molar-refractivity contribution in [3.8, 4) is 0 Å². The highest BCUT2D eigenvalue weighted by Crippen LogP contribution is 2.26. The third kappa shape index (κ3) is 4.59. The molecule has 1 saturated heterocycles. The van der Waals surface area contributed by atoms with Crippen LogP contribution in [-0.2, 0) is 0 Å². The number of halogens is 1. The van der Waals surface area contributed by atoms with Crippen LogP contribution in [0.5, 0.6) is 0 Å². The van der Waals surface area contributed by atoms with E-state index in [1.807, 2.05) is 6.07 Å². The maximum absolute atomic E-state index is 12.5. The molecule has 1 heterocycles. The summed E-state index contributed by atoms with van der Waals surface area (Å²) in [5.74, 6) is -1.52. The summed E-state index contributed by atoms with van der Waals surface area (Å²) in [5.41, 5.74) is 1.46. The van der Waals surface area contributed by atoms with Gasteiger partial charge in [0.1, 0.15) is 0 Å². The van der Waals surface area contributed by atoms with Crippen molar-refractivity contribution < 1.29 is 14.7 Å². The van der Waals surface area contributed by atoms with Gasteiger partial charge in [0.25, 0.3) is 5.91 Å². The van der Waals surface area contributed by atoms with Gasteiger partial charge in [-0.2, -0.15) is 0 Å². The van der Waals surface area contributed by atoms with E-state index in [2.05, 4.69) is 22.2 Å². The fourth-order valence-corrected chi connectivity index (χ4v) is 3.38. The average Bonchev–Trinajstić information content (AvgIpc) is 2.86. The molecule has 1 aliphatic heterocycles. The summed E-state index contributed by atoms with van der Waals surface area (Å²) in [5, 5.41) is 12.6. The Morgan fingerprint density at radius 2 is 1.81 bits per heavy atom. The summed E-state index contributed by atoms with van der Waals surface area (Å²) in [6.07, 6.45) is 1.02. The van der Waals surface area contributed by atoms with E-state index in [0.29, 0.717) is 10.6 Å². The first kappa shape index (κ1) is 19.2. The number of rotatable bonds is 4. The zero-order chi connectivity index (χ0) is 19.4. The number of hydrogen-bond donors (Lipinski definition) is 2. The predicted octanol–water partition coefficient (Wildman–Crippen LogP) is 3.43. The fourth-order valence-electron chi connectivity index (χ4n) is 3.15. The molecule has 0 unspecified atom stereocenters. The van der Waals surface area contributed by atoms with E-state index >= 15 is 0 Å². The SMILES string of the molecule is CN1CCCN(c2ccc(NC(=O)c3ccccc3Cl)c(C(=O)O)c2)CC1. The van der Waals surface area contributed by atoms with Crippen LogP contribution in [0.4, 0.5) is 11.4 Å². The molecule has 2 aromatic rings. The molecule has 0 radical (unpaired) electrons. The minimum atomic E-state index is -1.08. The van der Waals surface area contributed by atoms with E-state index in [-0.39, 0.29) is 11.3 Å². The number of anilines is 2. The zero-order valence-electron chi connectivity index (χ0n) is 15.1. The molecule has 2 N–H and O–H groups in total. The number of carbonyl (C=O) groups excluding carboxylic acids is 1. The second-order valence-electron chi connectivity index (χ2n) is 6.61. The van der Waals surface area contributed by atoms with Crippen LogP contribution in [0.1, 0.15) is 27.1 Å². The summed E-state index contributed by atoms with van der Waals surface area (Å²) >= 11 is 6.05. The number of likely N-dealkylation sites (N-methyl/N-ethyl adjacent to an activating group) is 1. The molecule has 1 aliphatic rings. The van der Waals surface area contributed by atoms with Gasteiger partial charge in [0.2, 0.25) is 0 Å². The van der Waals surface area contributed by atoms with Crippen LogP contribution in [0, 0.1) is 0 Å². The number of benzene rings is 2. The van der Waals surface area contributed by atoms with E-state index in [4.69, 9.17) is 11.6 Å². The van der Waals surface area contributed by atoms with E-state index < -0.39 is 11.9 Å². The predicted molar refractivity (Wildman–Crippen MR) is 107 cm³/mol. The standard InChI is InChI=1S/C20H22ClN3O3/c1-23-9-4-10-24(12-11-23)14-7-8-18(16(13-14)20(26)27)22-19(25)15-5-2-3-6-17(15)21/h2-3,5-8,13H,4,9-12H2,1H3,(H,22,25)(H,26,27). The number of nitrogens with one attached hydrogen (secondary N) is 1. The highest BCUT2D eigenvalue weighted by Gasteiger charge is 2.19. The van der Waals surface area contributed by atoms with Crippen molar-refractivity contribution in [3.05, 3.63) is 58.6 Å². The number of carbonyl (C=O) groups is 2. The van der Waals surface area contributed by atoms with Gasteiger partial charge in [-0.25, -0.2) is 4.79 Å². The van der Waals surface area contributed by atoms with Gasteiger partial charge in [0, 0.05) is 25.3 Å². The zero-order valence-corrected chi connectivity index (χ0v) is 15.9. The van der Waals surface area contributed by atoms with Crippen LogP contribution in [0.2, 0.25) is 5.02 Å². The lowest BCUT2D eigenvalue weighted by atomic mass is 10.1. The Hall–Kier alpha value is -2.57. The fraction of sp³-hybridized carbons (Fsp3) is 0.300. The molecule has 0 aromatic heterocycles. The molecule has 1 amide bonds. The van der Waals surface area contributed by atoms with Gasteiger partial charge in [0.15, 0.2) is 0 Å². The minimum Gasteiger partial charge on any atom is -0.478 e. The maximum Gasteiger partial charge on any atom is 0.337 e. The molecule has 0 spiro atoms. The third-order valence-electron chi connectivity index (χ3n) is 4.68. The Kier molecular flexibility index (Phi) is 5.98. The van der Waals surface area contributed by atoms with Crippen LogP contribution < -0.4 is 10.2 Å². The molecule has 6 nitrogen and oxygen atoms in total. The molecule has 0 bridgehead atoms. The van der Waals surface area contributed by atoms with Gasteiger partial charge in [-0.3, -0.25) is 4.79 Å². The summed E-state index contributed by atoms with van der Waals surface area (Å²) in [6, 6.07) is 11.8. The van der Waals surface area contributed by atoms with Crippen molar-refractivity contribution in [1.29, 1.82) is 0 Å². The number of aromatic carboxylic acids is 1. The molecule has 3 rings (SSSR count). The highest BCUT2D eigenvalue weighted by molar-refractivity contribution is 6.34. The molecular formula is C20H22ClN3O3. The van der Waals surface area contributed by atoms with Crippen LogP contribution in [0.3, 0.4) is 0 Å². The highest BCUT2D eigenvalue weighted by atomic mass is 35.5. The van der Waals surface area contributed by atoms with Crippen LogP contribution in [-0.4, -0.2) is 55.1 Å². The number of carboxylic acids is 1. The number of hydrogen-bond acceptors (Lipinski definition) is 4. The molecule has 27 heavy (non-hydrogen) atoms. The Balaban J connectivity index is 1.85. The van der Waals surface area contributed by atoms with Crippen molar-refractivity contribution in [3.63, 3.8) is 0 Å². The molecule has 0 aliphatic carbocycles. The molecule has 0 atom stereocenters. The summed E-state index contributed by atoms with van der Waals surface area (Å²) < 4.78 is 0. The van der Waals surface area contributed by atoms with Gasteiger partial charge in [0.05, 0.1) is 21.8 Å². The van der Waals surface area contributed by atoms with E-state index in [0.717, 1.165) is 38.3 Å². The maximum atomic E-state index is 12.5. The third-order valence-corrected chi connectivity index (χ3v) is 5.01. The second kappa shape index (κ2) is 8.41. The first-order valence-electron chi connectivity index (χ1n) is 8.82. The number of amides is 1. The lowest BCUT2D eigenvalue weighted by molar-refractivity contribution is 0.0698. The summed E-state index contributed by atoms with van der Waals surface area (Å²) in [6.45, 7) is 3.65. The lowest BCUT2D eigenvalue weighted by Crippen LogP contribution is -2.29. The Bertz CT molecular complexity index is 856. The van der Waals surface area contributed by atoms with Crippen molar-refractivity contribution in [2.75, 3.05) is 43.4 Å². The smallest absolute Gasteiger partial charge is 0.337 e. The number of carboxylic acid groups (broad SMARTS) is 1. The van der Waals surface area contributed by atoms with Crippen LogP contribution in [0.25, 0.3) is 0 Å². The van der Waals surface area contributed by atoms with Gasteiger partial charge in [-0.15, -0.1) is 0 Å². The normalized spacial score (nSPS) is 15.3. The Labute approximate surface area is 163 Å². The average molecular weight is 388 g/mol. The summed E-state index contributed by atoms with van der Waals surface area (Å²) in [7, 11) is 2.08. The lowest BCUT2D eigenvalue weighted by Gasteiger charge is -2.24. The molecular weight excluding hydrogens is 366 g/mol. The van der Waals surface area contributed by atoms with Crippen LogP contribution >= 0.6 is 11.6 Å². The van der Waals surface area contributed by atoms with Gasteiger partial charge in [-0.1, -0.05) is 23.7 Å². The Morgan fingerprint density at radius 1 is 1.04 bits per heavy atom. The molecule has 0 saturated carbocycles. The topological polar surface area (TPSA) is 72.9 Å². The molecule has 142 valence electrons. The molecule has 1 fully saturated rings. The van der Waals surface area contributed by atoms with E-state index in [1.165, 1.54) is 0 Å². The minimum absolute atomic E-state index is 0.0607. The Morgan fingerprint density at radius 3 is 2.56 bits per heavy atom. The summed E-state index contributed by atoms with van der Waals surface area (Å²) in [4.78, 5) is 28.7. The second-order valence-corrected chi connectivity index (χ2v) is 7.02. The van der Waals surface area contributed by atoms with Crippen molar-refractivity contribution in [2.45, 2.75) is 6.42 Å². The van der Waals surface area contributed by atoms with Crippen LogP contribution in [0.15, 0.2) is 42.5 Å². The first-order valence-corrected chi connectivity index (χ1v) is 9.20. The number of nitrogens with zero attached hydrogens (tertiary/aromatic N) is 2. The van der Waals surface area contributed by atoms with Crippen molar-refractivity contribution in [2.24, 2.45) is 0 Å². The van der Waals surface area contributed by atoms with Crippen molar-refractivity contribution in [1.82, 2.24) is 4.90 Å².